The van der Waals surface area contributed by atoms with Crippen LogP contribution in [-0.2, 0) is 0 Å². The number of azo groups is 1. The summed E-state index contributed by atoms with van der Waals surface area (Å²) in [5.74, 6) is 0.439. The second kappa shape index (κ2) is 4.91. The average Bonchev–Trinajstić information content (AvgIpc) is 1.89. The normalized spacial score (nSPS) is 13.0. The van der Waals surface area contributed by atoms with E-state index in [1.54, 1.807) is 0 Å². The number of rotatable bonds is 3. The summed E-state index contributed by atoms with van der Waals surface area (Å²) in [7, 11) is 0. The molecule has 0 aliphatic rings. The third-order valence-electron chi connectivity index (χ3n) is 1.14. The van der Waals surface area contributed by atoms with Crippen molar-refractivity contribution in [2.45, 2.75) is 20.8 Å². The van der Waals surface area contributed by atoms with Crippen LogP contribution in [0.4, 0.5) is 0 Å². The molecular weight excluding hydrogens is 124 g/mol. The van der Waals surface area contributed by atoms with Gasteiger partial charge in [0.25, 0.3) is 0 Å². The Bertz CT molecular complexity index is 155. The van der Waals surface area contributed by atoms with Gasteiger partial charge < -0.3 is 0 Å². The van der Waals surface area contributed by atoms with Gasteiger partial charge in [-0.1, -0.05) is 26.5 Å². The molecule has 0 saturated heterocycles. The third-order valence-corrected chi connectivity index (χ3v) is 1.14. The molecular formula is C8H14N2. The fourth-order valence-electron chi connectivity index (χ4n) is 0.614. The van der Waals surface area contributed by atoms with Crippen molar-refractivity contribution in [2.75, 3.05) is 0 Å². The Hall–Kier alpha value is -0.920. The minimum Gasteiger partial charge on any atom is -0.160 e. The molecule has 0 aromatic rings. The maximum absolute atomic E-state index is 3.93. The van der Waals surface area contributed by atoms with Gasteiger partial charge in [0, 0.05) is 6.20 Å². The lowest BCUT2D eigenvalue weighted by atomic mass is 10.1. The van der Waals surface area contributed by atoms with E-state index in [0.717, 1.165) is 5.70 Å². The van der Waals surface area contributed by atoms with Crippen LogP contribution in [0.15, 0.2) is 34.8 Å². The Morgan fingerprint density at radius 2 is 2.10 bits per heavy atom. The predicted octanol–water partition coefficient (Wildman–Crippen LogP) is 3.14. The zero-order valence-electron chi connectivity index (χ0n) is 6.83. The molecule has 56 valence electrons. The highest BCUT2D eigenvalue weighted by molar-refractivity contribution is 4.99. The molecule has 0 heterocycles. The number of allylic oxidation sites excluding steroid dienone is 2. The van der Waals surface area contributed by atoms with Gasteiger partial charge in [-0.2, -0.15) is 10.2 Å². The Kier molecular flexibility index (Phi) is 4.46. The van der Waals surface area contributed by atoms with E-state index >= 15 is 0 Å². The Morgan fingerprint density at radius 1 is 1.50 bits per heavy atom. The van der Waals surface area contributed by atoms with E-state index in [1.165, 1.54) is 6.20 Å². The quantitative estimate of drug-likeness (QED) is 0.535. The first kappa shape index (κ1) is 9.08. The number of hydrogen-bond donors (Lipinski definition) is 0. The molecule has 0 fully saturated rings. The van der Waals surface area contributed by atoms with Crippen LogP contribution in [0.5, 0.6) is 0 Å². The highest BCUT2D eigenvalue weighted by atomic mass is 15.1. The highest BCUT2D eigenvalue weighted by Gasteiger charge is 1.97. The molecule has 0 saturated carbocycles. The van der Waals surface area contributed by atoms with Crippen molar-refractivity contribution in [3.8, 4) is 0 Å². The fourth-order valence-corrected chi connectivity index (χ4v) is 0.614. The van der Waals surface area contributed by atoms with Crippen molar-refractivity contribution in [1.82, 2.24) is 0 Å². The van der Waals surface area contributed by atoms with E-state index in [-0.39, 0.29) is 0 Å². The molecule has 0 aromatic carbocycles. The first-order chi connectivity index (χ1) is 4.72. The molecule has 0 radical (unpaired) electrons. The predicted molar refractivity (Wildman–Crippen MR) is 43.6 cm³/mol. The molecule has 0 unspecified atom stereocenters. The van der Waals surface area contributed by atoms with Crippen molar-refractivity contribution >= 4 is 0 Å². The van der Waals surface area contributed by atoms with Gasteiger partial charge in [0.2, 0.25) is 0 Å². The van der Waals surface area contributed by atoms with E-state index in [2.05, 4.69) is 30.7 Å². The summed E-state index contributed by atoms with van der Waals surface area (Å²) in [5, 5.41) is 7.61. The molecule has 0 aliphatic carbocycles. The number of hydrogen-bond acceptors (Lipinski definition) is 2. The van der Waals surface area contributed by atoms with E-state index in [4.69, 9.17) is 0 Å². The molecule has 0 N–H and O–H groups in total. The minimum absolute atomic E-state index is 0.439. The van der Waals surface area contributed by atoms with Gasteiger partial charge in [-0.3, -0.25) is 0 Å². The summed E-state index contributed by atoms with van der Waals surface area (Å²) in [6.07, 6.45) is 3.39. The van der Waals surface area contributed by atoms with Crippen molar-refractivity contribution in [2.24, 2.45) is 16.1 Å². The smallest absolute Gasteiger partial charge is 0.0613 e. The van der Waals surface area contributed by atoms with Crippen LogP contribution in [-0.4, -0.2) is 0 Å². The zero-order chi connectivity index (χ0) is 7.98. The van der Waals surface area contributed by atoms with Gasteiger partial charge in [0.05, 0.1) is 5.70 Å². The van der Waals surface area contributed by atoms with Crippen LogP contribution < -0.4 is 0 Å². The van der Waals surface area contributed by atoms with Crippen LogP contribution in [0.1, 0.15) is 20.8 Å². The molecule has 2 nitrogen and oxygen atoms in total. The van der Waals surface area contributed by atoms with Crippen molar-refractivity contribution in [3.05, 3.63) is 24.6 Å². The lowest BCUT2D eigenvalue weighted by Gasteiger charge is -2.00. The minimum atomic E-state index is 0.439. The van der Waals surface area contributed by atoms with E-state index < -0.39 is 0 Å². The fraction of sp³-hybridized carbons (Fsp3) is 0.500. The standard InChI is InChI=1S/C8H14N2/c1-5-8(7(3)4)10-9-6-2/h5-7H,2H2,1,3-4H3/b8-5-,10-9?. The first-order valence-electron chi connectivity index (χ1n) is 3.40. The van der Waals surface area contributed by atoms with Crippen LogP contribution >= 0.6 is 0 Å². The van der Waals surface area contributed by atoms with Crippen LogP contribution in [0, 0.1) is 5.92 Å². The summed E-state index contributed by atoms with van der Waals surface area (Å²) in [5.41, 5.74) is 1.000. The summed E-state index contributed by atoms with van der Waals surface area (Å²) >= 11 is 0. The average molecular weight is 138 g/mol. The number of nitrogens with zero attached hydrogens (tertiary/aromatic N) is 2. The van der Waals surface area contributed by atoms with Gasteiger partial charge in [0.1, 0.15) is 0 Å². The second-order valence-corrected chi connectivity index (χ2v) is 2.27. The molecule has 0 aromatic heterocycles. The van der Waals surface area contributed by atoms with Gasteiger partial charge >= 0.3 is 0 Å². The third kappa shape index (κ3) is 3.17. The molecule has 2 heteroatoms. The summed E-state index contributed by atoms with van der Waals surface area (Å²) in [6, 6.07) is 0. The van der Waals surface area contributed by atoms with Gasteiger partial charge in [-0.25, -0.2) is 0 Å². The summed E-state index contributed by atoms with van der Waals surface area (Å²) in [6.45, 7) is 9.56. The Labute approximate surface area is 62.4 Å². The van der Waals surface area contributed by atoms with Crippen molar-refractivity contribution in [1.29, 1.82) is 0 Å². The van der Waals surface area contributed by atoms with Crippen LogP contribution in [0.3, 0.4) is 0 Å². The Balaban J connectivity index is 4.10. The lowest BCUT2D eigenvalue weighted by molar-refractivity contribution is 0.739. The van der Waals surface area contributed by atoms with Crippen LogP contribution in [0.2, 0.25) is 0 Å². The molecule has 0 spiro atoms. The van der Waals surface area contributed by atoms with E-state index in [0.29, 0.717) is 5.92 Å². The molecule has 0 rings (SSSR count). The van der Waals surface area contributed by atoms with E-state index in [1.807, 2.05) is 13.0 Å². The first-order valence-corrected chi connectivity index (χ1v) is 3.40. The van der Waals surface area contributed by atoms with Crippen molar-refractivity contribution < 1.29 is 0 Å². The van der Waals surface area contributed by atoms with Crippen molar-refractivity contribution in [3.63, 3.8) is 0 Å². The van der Waals surface area contributed by atoms with Crippen LogP contribution in [0.25, 0.3) is 0 Å². The van der Waals surface area contributed by atoms with E-state index in [9.17, 15) is 0 Å². The molecule has 0 aliphatic heterocycles. The van der Waals surface area contributed by atoms with Gasteiger partial charge in [-0.15, -0.1) is 0 Å². The van der Waals surface area contributed by atoms with Gasteiger partial charge in [-0.05, 0) is 12.8 Å². The Morgan fingerprint density at radius 3 is 2.40 bits per heavy atom. The van der Waals surface area contributed by atoms with Gasteiger partial charge in [0.15, 0.2) is 0 Å². The molecule has 0 amide bonds. The summed E-state index contributed by atoms with van der Waals surface area (Å²) in [4.78, 5) is 0. The highest BCUT2D eigenvalue weighted by Crippen LogP contribution is 2.10. The zero-order valence-corrected chi connectivity index (χ0v) is 6.83. The summed E-state index contributed by atoms with van der Waals surface area (Å²) < 4.78 is 0. The lowest BCUT2D eigenvalue weighted by Crippen LogP contribution is -1.88. The SMILES string of the molecule is C=CN=N/C(=C\C)C(C)C. The second-order valence-electron chi connectivity index (χ2n) is 2.27. The molecule has 0 bridgehead atoms. The maximum Gasteiger partial charge on any atom is 0.0613 e. The maximum atomic E-state index is 3.93. The molecule has 0 atom stereocenters. The largest absolute Gasteiger partial charge is 0.160 e. The molecule has 10 heavy (non-hydrogen) atoms. The topological polar surface area (TPSA) is 24.7 Å². The monoisotopic (exact) mass is 138 g/mol.